The van der Waals surface area contributed by atoms with Gasteiger partial charge in [-0.25, -0.2) is 4.98 Å². The van der Waals surface area contributed by atoms with E-state index in [2.05, 4.69) is 22.1 Å². The Balaban J connectivity index is 2.21. The Morgan fingerprint density at radius 3 is 2.62 bits per heavy atom. The molecule has 2 aromatic rings. The number of H-pyrrole nitrogens is 1. The Morgan fingerprint density at radius 2 is 2.00 bits per heavy atom. The molecule has 16 heavy (non-hydrogen) atoms. The van der Waals surface area contributed by atoms with Crippen molar-refractivity contribution in [2.24, 2.45) is 5.73 Å². The minimum Gasteiger partial charge on any atom is -0.326 e. The summed E-state index contributed by atoms with van der Waals surface area (Å²) in [6.07, 6.45) is 2.01. The fourth-order valence-corrected chi connectivity index (χ4v) is 1.56. The van der Waals surface area contributed by atoms with Crippen LogP contribution in [0.3, 0.4) is 0 Å². The van der Waals surface area contributed by atoms with Crippen LogP contribution in [-0.2, 0) is 13.0 Å². The van der Waals surface area contributed by atoms with Crippen LogP contribution in [0.25, 0.3) is 11.4 Å². The van der Waals surface area contributed by atoms with Gasteiger partial charge in [-0.3, -0.25) is 5.10 Å². The van der Waals surface area contributed by atoms with Crippen LogP contribution >= 0.6 is 0 Å². The van der Waals surface area contributed by atoms with E-state index in [1.165, 1.54) is 0 Å². The monoisotopic (exact) mass is 216 g/mol. The van der Waals surface area contributed by atoms with Crippen LogP contribution in [-0.4, -0.2) is 15.2 Å². The topological polar surface area (TPSA) is 67.6 Å². The second-order valence-corrected chi connectivity index (χ2v) is 3.76. The van der Waals surface area contributed by atoms with E-state index in [0.29, 0.717) is 6.54 Å². The zero-order chi connectivity index (χ0) is 11.4. The molecule has 0 aliphatic heterocycles. The first-order chi connectivity index (χ1) is 7.83. The van der Waals surface area contributed by atoms with E-state index in [1.54, 1.807) is 0 Å². The third kappa shape index (κ3) is 2.28. The average Bonchev–Trinajstić information content (AvgIpc) is 2.78. The van der Waals surface area contributed by atoms with Gasteiger partial charge in [0.05, 0.1) is 0 Å². The number of aromatic nitrogens is 3. The van der Waals surface area contributed by atoms with Crippen molar-refractivity contribution >= 4 is 0 Å². The molecule has 0 aliphatic rings. The quantitative estimate of drug-likeness (QED) is 0.820. The third-order valence-corrected chi connectivity index (χ3v) is 2.47. The van der Waals surface area contributed by atoms with E-state index in [0.717, 1.165) is 35.6 Å². The van der Waals surface area contributed by atoms with Crippen LogP contribution in [0.1, 0.15) is 24.7 Å². The van der Waals surface area contributed by atoms with E-state index in [1.807, 2.05) is 24.3 Å². The molecular formula is C12H16N4. The van der Waals surface area contributed by atoms with Crippen molar-refractivity contribution in [2.75, 3.05) is 0 Å². The standard InChI is InChI=1S/C12H16N4/c1-2-3-11-14-12(16-15-11)10-6-4-9(8-13)5-7-10/h4-7H,2-3,8,13H2,1H3,(H,14,15,16). The lowest BCUT2D eigenvalue weighted by Gasteiger charge is -1.97. The average molecular weight is 216 g/mol. The van der Waals surface area contributed by atoms with Gasteiger partial charge in [-0.2, -0.15) is 5.10 Å². The molecule has 1 aromatic carbocycles. The molecule has 0 spiro atoms. The van der Waals surface area contributed by atoms with Gasteiger partial charge >= 0.3 is 0 Å². The number of nitrogens with two attached hydrogens (primary N) is 1. The molecule has 0 saturated heterocycles. The fourth-order valence-electron chi connectivity index (χ4n) is 1.56. The fraction of sp³-hybridized carbons (Fsp3) is 0.333. The number of nitrogens with zero attached hydrogens (tertiary/aromatic N) is 2. The number of benzene rings is 1. The summed E-state index contributed by atoms with van der Waals surface area (Å²) in [6.45, 7) is 2.69. The normalized spacial score (nSPS) is 10.6. The first-order valence-corrected chi connectivity index (χ1v) is 5.54. The number of aryl methyl sites for hydroxylation is 1. The summed E-state index contributed by atoms with van der Waals surface area (Å²) in [6, 6.07) is 8.01. The van der Waals surface area contributed by atoms with Crippen molar-refractivity contribution in [1.29, 1.82) is 0 Å². The summed E-state index contributed by atoms with van der Waals surface area (Å²) in [5.74, 6) is 1.70. The molecule has 2 rings (SSSR count). The lowest BCUT2D eigenvalue weighted by atomic mass is 10.1. The molecule has 3 N–H and O–H groups in total. The Bertz CT molecular complexity index is 444. The predicted octanol–water partition coefficient (Wildman–Crippen LogP) is 1.88. The molecule has 0 atom stereocenters. The number of aromatic amines is 1. The molecule has 1 heterocycles. The van der Waals surface area contributed by atoms with E-state index in [4.69, 9.17) is 5.73 Å². The summed E-state index contributed by atoms with van der Waals surface area (Å²) in [4.78, 5) is 4.43. The maximum absolute atomic E-state index is 5.54. The molecule has 0 radical (unpaired) electrons. The Hall–Kier alpha value is -1.68. The molecule has 0 aliphatic carbocycles. The molecule has 0 amide bonds. The van der Waals surface area contributed by atoms with Crippen molar-refractivity contribution in [1.82, 2.24) is 15.2 Å². The molecule has 4 nitrogen and oxygen atoms in total. The van der Waals surface area contributed by atoms with Gasteiger partial charge in [0, 0.05) is 18.5 Å². The zero-order valence-electron chi connectivity index (χ0n) is 9.40. The lowest BCUT2D eigenvalue weighted by Crippen LogP contribution is -1.95. The highest BCUT2D eigenvalue weighted by Crippen LogP contribution is 2.15. The van der Waals surface area contributed by atoms with Crippen molar-refractivity contribution in [3.63, 3.8) is 0 Å². The van der Waals surface area contributed by atoms with E-state index in [-0.39, 0.29) is 0 Å². The summed E-state index contributed by atoms with van der Waals surface area (Å²) < 4.78 is 0. The van der Waals surface area contributed by atoms with E-state index < -0.39 is 0 Å². The molecule has 1 aromatic heterocycles. The highest BCUT2D eigenvalue weighted by atomic mass is 15.2. The number of hydrogen-bond donors (Lipinski definition) is 2. The smallest absolute Gasteiger partial charge is 0.181 e. The van der Waals surface area contributed by atoms with Gasteiger partial charge in [-0.1, -0.05) is 31.2 Å². The molecule has 0 unspecified atom stereocenters. The van der Waals surface area contributed by atoms with Crippen LogP contribution in [0, 0.1) is 0 Å². The van der Waals surface area contributed by atoms with Crippen molar-refractivity contribution in [2.45, 2.75) is 26.3 Å². The minimum atomic E-state index is 0.565. The molecule has 0 fully saturated rings. The second-order valence-electron chi connectivity index (χ2n) is 3.76. The second kappa shape index (κ2) is 4.90. The lowest BCUT2D eigenvalue weighted by molar-refractivity contribution is 0.841. The largest absolute Gasteiger partial charge is 0.326 e. The summed E-state index contributed by atoms with van der Waals surface area (Å²) in [5, 5.41) is 7.14. The summed E-state index contributed by atoms with van der Waals surface area (Å²) in [5.41, 5.74) is 7.69. The van der Waals surface area contributed by atoms with Gasteiger partial charge in [0.2, 0.25) is 0 Å². The first-order valence-electron chi connectivity index (χ1n) is 5.54. The van der Waals surface area contributed by atoms with Crippen LogP contribution < -0.4 is 5.73 Å². The SMILES string of the molecule is CCCc1nc(-c2ccc(CN)cc2)n[nH]1. The van der Waals surface area contributed by atoms with Gasteiger partial charge < -0.3 is 5.73 Å². The molecule has 84 valence electrons. The highest BCUT2D eigenvalue weighted by Gasteiger charge is 2.04. The predicted molar refractivity (Wildman–Crippen MR) is 63.7 cm³/mol. The zero-order valence-corrected chi connectivity index (χ0v) is 9.40. The minimum absolute atomic E-state index is 0.565. The van der Waals surface area contributed by atoms with Crippen molar-refractivity contribution < 1.29 is 0 Å². The molecule has 0 bridgehead atoms. The van der Waals surface area contributed by atoms with Crippen LogP contribution in [0.4, 0.5) is 0 Å². The molecule has 0 saturated carbocycles. The van der Waals surface area contributed by atoms with Gasteiger partial charge in [0.25, 0.3) is 0 Å². The van der Waals surface area contributed by atoms with Crippen LogP contribution in [0.15, 0.2) is 24.3 Å². The van der Waals surface area contributed by atoms with Crippen molar-refractivity contribution in [3.8, 4) is 11.4 Å². The van der Waals surface area contributed by atoms with Gasteiger partial charge in [-0.05, 0) is 12.0 Å². The Labute approximate surface area is 94.9 Å². The van der Waals surface area contributed by atoms with Gasteiger partial charge in [0.1, 0.15) is 5.82 Å². The third-order valence-electron chi connectivity index (χ3n) is 2.47. The number of nitrogens with one attached hydrogen (secondary N) is 1. The summed E-state index contributed by atoms with van der Waals surface area (Å²) in [7, 11) is 0. The maximum atomic E-state index is 5.54. The van der Waals surface area contributed by atoms with Gasteiger partial charge in [-0.15, -0.1) is 0 Å². The Morgan fingerprint density at radius 1 is 1.25 bits per heavy atom. The molecule has 4 heteroatoms. The van der Waals surface area contributed by atoms with Crippen LogP contribution in [0.2, 0.25) is 0 Å². The number of rotatable bonds is 4. The van der Waals surface area contributed by atoms with E-state index in [9.17, 15) is 0 Å². The highest BCUT2D eigenvalue weighted by molar-refractivity contribution is 5.54. The maximum Gasteiger partial charge on any atom is 0.181 e. The first kappa shape index (κ1) is 10.8. The summed E-state index contributed by atoms with van der Waals surface area (Å²) >= 11 is 0. The van der Waals surface area contributed by atoms with Crippen LogP contribution in [0.5, 0.6) is 0 Å². The van der Waals surface area contributed by atoms with E-state index >= 15 is 0 Å². The Kier molecular flexibility index (Phi) is 3.31. The van der Waals surface area contributed by atoms with Crippen molar-refractivity contribution in [3.05, 3.63) is 35.7 Å². The number of hydrogen-bond acceptors (Lipinski definition) is 3. The van der Waals surface area contributed by atoms with Gasteiger partial charge in [0.15, 0.2) is 5.82 Å². The molecular weight excluding hydrogens is 200 g/mol.